The second-order valence-electron chi connectivity index (χ2n) is 4.80. The van der Waals surface area contributed by atoms with Gasteiger partial charge in [-0.25, -0.2) is 4.79 Å². The highest BCUT2D eigenvalue weighted by Gasteiger charge is 2.27. The lowest BCUT2D eigenvalue weighted by molar-refractivity contribution is -0.137. The fraction of sp³-hybridized carbons (Fsp3) is 0.357. The number of carbonyl (C=O) groups is 3. The number of hydrogen-bond donors (Lipinski definition) is 4. The molecule has 0 unspecified atom stereocenters. The molecular formula is C14H17F3N4O4. The summed E-state index contributed by atoms with van der Waals surface area (Å²) >= 11 is 0. The Morgan fingerprint density at radius 2 is 1.80 bits per heavy atom. The lowest BCUT2D eigenvalue weighted by Gasteiger charge is -2.12. The van der Waals surface area contributed by atoms with Crippen LogP contribution >= 0.6 is 0 Å². The highest BCUT2D eigenvalue weighted by atomic mass is 19.4. The molecule has 1 aromatic carbocycles. The Hall–Kier alpha value is -2.98. The van der Waals surface area contributed by atoms with Gasteiger partial charge in [-0.1, -0.05) is 0 Å². The van der Waals surface area contributed by atoms with E-state index in [-0.39, 0.29) is 11.7 Å². The topological polar surface area (TPSA) is 109 Å². The zero-order chi connectivity index (χ0) is 19.0. The third kappa shape index (κ3) is 7.90. The van der Waals surface area contributed by atoms with E-state index in [2.05, 4.69) is 16.0 Å². The first-order valence-electron chi connectivity index (χ1n) is 6.94. The summed E-state index contributed by atoms with van der Waals surface area (Å²) in [6.07, 6.45) is -4.52. The molecule has 0 spiro atoms. The summed E-state index contributed by atoms with van der Waals surface area (Å²) in [7, 11) is 1.37. The number of urea groups is 1. The van der Waals surface area contributed by atoms with E-state index in [1.165, 1.54) is 32.2 Å². The third-order valence-electron chi connectivity index (χ3n) is 2.67. The molecule has 0 heterocycles. The van der Waals surface area contributed by atoms with Crippen LogP contribution in [0.1, 0.15) is 6.92 Å². The van der Waals surface area contributed by atoms with Crippen LogP contribution in [-0.2, 0) is 9.59 Å². The van der Waals surface area contributed by atoms with Gasteiger partial charge >= 0.3 is 12.2 Å². The molecule has 4 amide bonds. The molecule has 0 aliphatic carbocycles. The fourth-order valence-electron chi connectivity index (χ4n) is 1.66. The lowest BCUT2D eigenvalue weighted by Crippen LogP contribution is -2.42. The molecule has 0 atom stereocenters. The van der Waals surface area contributed by atoms with Gasteiger partial charge in [0.25, 0.3) is 0 Å². The number of alkyl halides is 3. The molecule has 4 N–H and O–H groups in total. The number of nitrogens with one attached hydrogen (secondary N) is 4. The normalized spacial score (nSPS) is 10.6. The predicted octanol–water partition coefficient (Wildman–Crippen LogP) is 1.45. The van der Waals surface area contributed by atoms with Crippen molar-refractivity contribution in [2.45, 2.75) is 13.1 Å². The quantitative estimate of drug-likeness (QED) is 0.614. The van der Waals surface area contributed by atoms with Crippen molar-refractivity contribution in [1.29, 1.82) is 0 Å². The van der Waals surface area contributed by atoms with Crippen LogP contribution in [0, 0.1) is 0 Å². The highest BCUT2D eigenvalue weighted by Crippen LogP contribution is 2.27. The van der Waals surface area contributed by atoms with Crippen LogP contribution in [0.25, 0.3) is 0 Å². The van der Waals surface area contributed by atoms with Gasteiger partial charge in [-0.15, -0.1) is 0 Å². The number of benzene rings is 1. The van der Waals surface area contributed by atoms with Crippen molar-refractivity contribution < 1.29 is 32.3 Å². The summed E-state index contributed by atoms with van der Waals surface area (Å²) in [5, 5.41) is 8.64. The summed E-state index contributed by atoms with van der Waals surface area (Å²) in [6, 6.07) is 3.59. The molecule has 138 valence electrons. The predicted molar refractivity (Wildman–Crippen MR) is 83.4 cm³/mol. The summed E-state index contributed by atoms with van der Waals surface area (Å²) in [4.78, 5) is 33.9. The Kier molecular flexibility index (Phi) is 7.03. The minimum Gasteiger partial charge on any atom is -0.494 e. The summed E-state index contributed by atoms with van der Waals surface area (Å²) < 4.78 is 40.9. The number of amides is 4. The van der Waals surface area contributed by atoms with E-state index < -0.39 is 31.2 Å². The van der Waals surface area contributed by atoms with Crippen molar-refractivity contribution in [1.82, 2.24) is 10.6 Å². The van der Waals surface area contributed by atoms with E-state index in [1.54, 1.807) is 5.32 Å². The van der Waals surface area contributed by atoms with Gasteiger partial charge in [-0.05, 0) is 12.1 Å². The number of methoxy groups -OCH3 is 1. The van der Waals surface area contributed by atoms with Gasteiger partial charge in [0, 0.05) is 18.7 Å². The average molecular weight is 362 g/mol. The second-order valence-corrected chi connectivity index (χ2v) is 4.80. The van der Waals surface area contributed by atoms with Crippen LogP contribution in [0.4, 0.5) is 29.3 Å². The molecule has 25 heavy (non-hydrogen) atoms. The van der Waals surface area contributed by atoms with Crippen LogP contribution in [0.2, 0.25) is 0 Å². The summed E-state index contributed by atoms with van der Waals surface area (Å²) in [6.45, 7) is -0.775. The number of hydrogen-bond acceptors (Lipinski definition) is 4. The van der Waals surface area contributed by atoms with Gasteiger partial charge in [-0.2, -0.15) is 13.2 Å². The van der Waals surface area contributed by atoms with Crippen LogP contribution in [0.5, 0.6) is 5.75 Å². The highest BCUT2D eigenvalue weighted by molar-refractivity contribution is 5.94. The van der Waals surface area contributed by atoms with Crippen molar-refractivity contribution in [2.24, 2.45) is 0 Å². The molecule has 8 nitrogen and oxygen atoms in total. The first kappa shape index (κ1) is 20.1. The van der Waals surface area contributed by atoms with Crippen molar-refractivity contribution >= 4 is 29.2 Å². The van der Waals surface area contributed by atoms with Crippen molar-refractivity contribution in [3.05, 3.63) is 18.2 Å². The molecule has 0 aliphatic rings. The number of halogens is 3. The molecule has 0 bridgehead atoms. The van der Waals surface area contributed by atoms with Crippen molar-refractivity contribution in [3.63, 3.8) is 0 Å². The maximum atomic E-state index is 11.9. The molecule has 1 aromatic rings. The number of carbonyl (C=O) groups excluding carboxylic acids is 3. The molecular weight excluding hydrogens is 345 g/mol. The summed E-state index contributed by atoms with van der Waals surface area (Å²) in [5.74, 6) is -0.997. The van der Waals surface area contributed by atoms with Gasteiger partial charge in [0.05, 0.1) is 19.3 Å². The minimum atomic E-state index is -4.52. The number of anilines is 2. The largest absolute Gasteiger partial charge is 0.494 e. The van der Waals surface area contributed by atoms with E-state index in [9.17, 15) is 27.6 Å². The van der Waals surface area contributed by atoms with Gasteiger partial charge < -0.3 is 26.0 Å². The Labute approximate surface area is 141 Å². The van der Waals surface area contributed by atoms with Crippen LogP contribution in [0.15, 0.2) is 18.2 Å². The second kappa shape index (κ2) is 8.76. The van der Waals surface area contributed by atoms with Gasteiger partial charge in [0.1, 0.15) is 12.3 Å². The molecule has 0 saturated heterocycles. The van der Waals surface area contributed by atoms with Gasteiger partial charge in [-0.3, -0.25) is 9.59 Å². The first-order chi connectivity index (χ1) is 11.6. The molecule has 1 rings (SSSR count). The standard InChI is InChI=1S/C14H17F3N4O4/c1-8(22)20-10-4-3-9(5-11(10)25-2)21-13(24)18-6-12(23)19-7-14(15,16)17/h3-5H,6-7H2,1-2H3,(H,19,23)(H,20,22)(H2,18,21,24). The van der Waals surface area contributed by atoms with E-state index in [1.807, 2.05) is 0 Å². The zero-order valence-electron chi connectivity index (χ0n) is 13.4. The molecule has 0 radical (unpaired) electrons. The maximum absolute atomic E-state index is 11.9. The lowest BCUT2D eigenvalue weighted by atomic mass is 10.2. The van der Waals surface area contributed by atoms with Crippen LogP contribution in [-0.4, -0.2) is 44.2 Å². The molecule has 0 saturated carbocycles. The van der Waals surface area contributed by atoms with E-state index >= 15 is 0 Å². The SMILES string of the molecule is COc1cc(NC(=O)NCC(=O)NCC(F)(F)F)ccc1NC(C)=O. The third-order valence-corrected chi connectivity index (χ3v) is 2.67. The van der Waals surface area contributed by atoms with E-state index in [0.29, 0.717) is 11.4 Å². The number of rotatable bonds is 6. The molecule has 11 heteroatoms. The van der Waals surface area contributed by atoms with E-state index in [0.717, 1.165) is 0 Å². The number of ether oxygens (including phenoxy) is 1. The fourth-order valence-corrected chi connectivity index (χ4v) is 1.66. The van der Waals surface area contributed by atoms with E-state index in [4.69, 9.17) is 4.74 Å². The van der Waals surface area contributed by atoms with Crippen molar-refractivity contribution in [2.75, 3.05) is 30.8 Å². The zero-order valence-corrected chi connectivity index (χ0v) is 13.4. The maximum Gasteiger partial charge on any atom is 0.405 e. The first-order valence-corrected chi connectivity index (χ1v) is 6.94. The van der Waals surface area contributed by atoms with Crippen molar-refractivity contribution in [3.8, 4) is 5.75 Å². The Morgan fingerprint density at radius 3 is 2.36 bits per heavy atom. The molecule has 0 aromatic heterocycles. The van der Waals surface area contributed by atoms with Crippen LogP contribution in [0.3, 0.4) is 0 Å². The molecule has 0 fully saturated rings. The van der Waals surface area contributed by atoms with Gasteiger partial charge in [0.2, 0.25) is 11.8 Å². The van der Waals surface area contributed by atoms with Gasteiger partial charge in [0.15, 0.2) is 0 Å². The Bertz CT molecular complexity index is 649. The Balaban J connectivity index is 2.54. The minimum absolute atomic E-state index is 0.288. The van der Waals surface area contributed by atoms with Crippen LogP contribution < -0.4 is 26.0 Å². The smallest absolute Gasteiger partial charge is 0.405 e. The molecule has 0 aliphatic heterocycles. The Morgan fingerprint density at radius 1 is 1.12 bits per heavy atom. The summed E-state index contributed by atoms with van der Waals surface area (Å²) in [5.41, 5.74) is 0.687. The monoisotopic (exact) mass is 362 g/mol. The average Bonchev–Trinajstić information content (AvgIpc) is 2.51.